The van der Waals surface area contributed by atoms with Gasteiger partial charge in [-0.15, -0.1) is 11.6 Å². The van der Waals surface area contributed by atoms with E-state index in [1.165, 1.54) is 12.1 Å². The van der Waals surface area contributed by atoms with Crippen molar-refractivity contribution in [2.75, 3.05) is 51.8 Å². The van der Waals surface area contributed by atoms with Crippen LogP contribution in [0.1, 0.15) is 73.5 Å². The standard InChI is InChI=1S/C41H50Cl2FN5O6S/c1-5-34-37(40(46-48(34)4)33(16-18-49-19-22-53-23-20-49)47-56(51,52)24-17-26(3)42)36-32(43)15-14-31-30(39(45-38(31)36)41(50)54-6-2)10-8-21-55-35-11-7-9-27-25-28(44)12-13-29(27)35/h7,9,11-15,25-26,33,45,47H,5-6,8,10,16-24H2,1-4H3. The van der Waals surface area contributed by atoms with E-state index in [0.29, 0.717) is 97.3 Å². The van der Waals surface area contributed by atoms with Crippen LogP contribution in [0.15, 0.2) is 48.5 Å². The molecule has 302 valence electrons. The molecular formula is C41H50Cl2FN5O6S. The number of aromatic nitrogens is 3. The van der Waals surface area contributed by atoms with Gasteiger partial charge < -0.3 is 19.2 Å². The molecule has 1 saturated heterocycles. The van der Waals surface area contributed by atoms with Crippen LogP contribution < -0.4 is 9.46 Å². The number of hydrogen-bond acceptors (Lipinski definition) is 8. The van der Waals surface area contributed by atoms with Crippen LogP contribution in [0.2, 0.25) is 5.02 Å². The molecule has 11 nitrogen and oxygen atoms in total. The van der Waals surface area contributed by atoms with Crippen molar-refractivity contribution in [3.8, 4) is 16.9 Å². The van der Waals surface area contributed by atoms with Gasteiger partial charge in [-0.25, -0.2) is 22.3 Å². The van der Waals surface area contributed by atoms with E-state index in [1.807, 2.05) is 44.3 Å². The number of carbonyl (C=O) groups excluding carboxylic acids is 1. The smallest absolute Gasteiger partial charge is 0.355 e. The second kappa shape index (κ2) is 18.7. The van der Waals surface area contributed by atoms with E-state index in [1.54, 1.807) is 24.6 Å². The Morgan fingerprint density at radius 1 is 1.09 bits per heavy atom. The normalized spacial score (nSPS) is 15.1. The summed E-state index contributed by atoms with van der Waals surface area (Å²) in [6.07, 6.45) is 2.35. The number of morpholine rings is 1. The van der Waals surface area contributed by atoms with Crippen molar-refractivity contribution in [3.63, 3.8) is 0 Å². The second-order valence-corrected chi connectivity index (χ2v) is 17.1. The number of esters is 1. The number of benzene rings is 3. The highest BCUT2D eigenvalue weighted by atomic mass is 35.5. The predicted molar refractivity (Wildman–Crippen MR) is 220 cm³/mol. The number of sulfonamides is 1. The summed E-state index contributed by atoms with van der Waals surface area (Å²) < 4.78 is 63.1. The molecule has 6 rings (SSSR count). The highest BCUT2D eigenvalue weighted by Crippen LogP contribution is 2.43. The van der Waals surface area contributed by atoms with E-state index in [9.17, 15) is 17.6 Å². The molecule has 0 bridgehead atoms. The summed E-state index contributed by atoms with van der Waals surface area (Å²) in [6.45, 7) is 9.43. The van der Waals surface area contributed by atoms with Gasteiger partial charge in [0.05, 0.1) is 54.5 Å². The maximum absolute atomic E-state index is 13.9. The van der Waals surface area contributed by atoms with Crippen LogP contribution in [0.5, 0.6) is 5.75 Å². The Labute approximate surface area is 337 Å². The van der Waals surface area contributed by atoms with Crippen molar-refractivity contribution in [1.82, 2.24) is 24.4 Å². The number of alkyl halides is 1. The van der Waals surface area contributed by atoms with Crippen LogP contribution in [0.25, 0.3) is 32.8 Å². The molecule has 3 heterocycles. The minimum absolute atomic E-state index is 0.128. The molecule has 0 aliphatic carbocycles. The van der Waals surface area contributed by atoms with Gasteiger partial charge in [0.15, 0.2) is 0 Å². The van der Waals surface area contributed by atoms with E-state index >= 15 is 0 Å². The number of hydrogen-bond donors (Lipinski definition) is 2. The summed E-state index contributed by atoms with van der Waals surface area (Å²) in [5, 5.41) is 7.43. The number of nitrogens with one attached hydrogen (secondary N) is 2. The lowest BCUT2D eigenvalue weighted by Crippen LogP contribution is -2.39. The first kappa shape index (κ1) is 41.9. The summed E-state index contributed by atoms with van der Waals surface area (Å²) in [5.41, 5.74) is 4.44. The molecule has 2 unspecified atom stereocenters. The lowest BCUT2D eigenvalue weighted by molar-refractivity contribution is 0.0364. The summed E-state index contributed by atoms with van der Waals surface area (Å²) >= 11 is 13.3. The molecule has 56 heavy (non-hydrogen) atoms. The molecule has 15 heteroatoms. The molecule has 2 atom stereocenters. The summed E-state index contributed by atoms with van der Waals surface area (Å²) in [6, 6.07) is 13.1. The number of aryl methyl sites for hydroxylation is 2. The zero-order chi connectivity index (χ0) is 40.0. The molecule has 0 saturated carbocycles. The van der Waals surface area contributed by atoms with E-state index < -0.39 is 22.0 Å². The Balaban J connectivity index is 1.40. The molecule has 0 radical (unpaired) electrons. The third-order valence-electron chi connectivity index (χ3n) is 10.2. The molecule has 2 aromatic heterocycles. The Hall–Kier alpha value is -3.72. The van der Waals surface area contributed by atoms with E-state index in [-0.39, 0.29) is 23.6 Å². The number of rotatable bonds is 18. The zero-order valence-corrected chi connectivity index (χ0v) is 34.6. The first-order chi connectivity index (χ1) is 26.9. The van der Waals surface area contributed by atoms with E-state index in [0.717, 1.165) is 40.5 Å². The average molecular weight is 831 g/mol. The number of halogens is 3. The maximum Gasteiger partial charge on any atom is 0.355 e. The van der Waals surface area contributed by atoms with Gasteiger partial charge in [-0.2, -0.15) is 5.10 Å². The van der Waals surface area contributed by atoms with Gasteiger partial charge >= 0.3 is 5.97 Å². The van der Waals surface area contributed by atoms with Crippen molar-refractivity contribution in [2.24, 2.45) is 7.05 Å². The molecule has 5 aromatic rings. The number of fused-ring (bicyclic) bond motifs is 2. The van der Waals surface area contributed by atoms with Crippen molar-refractivity contribution < 1.29 is 31.8 Å². The summed E-state index contributed by atoms with van der Waals surface area (Å²) in [4.78, 5) is 19.2. The van der Waals surface area contributed by atoms with Crippen molar-refractivity contribution in [1.29, 1.82) is 0 Å². The monoisotopic (exact) mass is 829 g/mol. The highest BCUT2D eigenvalue weighted by molar-refractivity contribution is 7.89. The number of ether oxygens (including phenoxy) is 3. The topological polar surface area (TPSA) is 128 Å². The number of carbonyl (C=O) groups is 1. The molecule has 1 aliphatic rings. The van der Waals surface area contributed by atoms with Gasteiger partial charge in [0, 0.05) is 59.7 Å². The molecule has 1 aliphatic heterocycles. The van der Waals surface area contributed by atoms with Gasteiger partial charge in [0.1, 0.15) is 17.3 Å². The summed E-state index contributed by atoms with van der Waals surface area (Å²) in [5.74, 6) is -0.291. The Bertz CT molecular complexity index is 2270. The first-order valence-electron chi connectivity index (χ1n) is 19.2. The van der Waals surface area contributed by atoms with Gasteiger partial charge in [0.25, 0.3) is 0 Å². The minimum atomic E-state index is -3.76. The quantitative estimate of drug-likeness (QED) is 0.0518. The predicted octanol–water partition coefficient (Wildman–Crippen LogP) is 7.97. The van der Waals surface area contributed by atoms with Gasteiger partial charge in [-0.3, -0.25) is 9.58 Å². The Morgan fingerprint density at radius 2 is 1.86 bits per heavy atom. The van der Waals surface area contributed by atoms with Crippen LogP contribution in [-0.2, 0) is 39.4 Å². The Morgan fingerprint density at radius 3 is 2.59 bits per heavy atom. The maximum atomic E-state index is 13.9. The van der Waals surface area contributed by atoms with Crippen molar-refractivity contribution >= 4 is 60.9 Å². The van der Waals surface area contributed by atoms with E-state index in [4.69, 9.17) is 42.5 Å². The summed E-state index contributed by atoms with van der Waals surface area (Å²) in [7, 11) is -1.92. The first-order valence-corrected chi connectivity index (χ1v) is 21.7. The van der Waals surface area contributed by atoms with Gasteiger partial charge in [-0.05, 0) is 87.2 Å². The fraction of sp³-hybridized carbons (Fsp3) is 0.463. The van der Waals surface area contributed by atoms with E-state index in [2.05, 4.69) is 14.6 Å². The van der Waals surface area contributed by atoms with Crippen LogP contribution in [0.4, 0.5) is 4.39 Å². The number of nitrogens with zero attached hydrogens (tertiary/aromatic N) is 3. The SMILES string of the molecule is CCOC(=O)c1[nH]c2c(-c3c(C(CCN4CCOCC4)NS(=O)(=O)CCC(C)Cl)nn(C)c3CC)c(Cl)ccc2c1CCCOc1cccc2cc(F)ccc12. The molecule has 0 amide bonds. The Kier molecular flexibility index (Phi) is 14.0. The van der Waals surface area contributed by atoms with Crippen LogP contribution in [0.3, 0.4) is 0 Å². The minimum Gasteiger partial charge on any atom is -0.493 e. The lowest BCUT2D eigenvalue weighted by Gasteiger charge is -2.28. The van der Waals surface area contributed by atoms with Gasteiger partial charge in [0.2, 0.25) is 10.0 Å². The molecule has 1 fully saturated rings. The van der Waals surface area contributed by atoms with Gasteiger partial charge in [-0.1, -0.05) is 36.7 Å². The highest BCUT2D eigenvalue weighted by Gasteiger charge is 2.32. The van der Waals surface area contributed by atoms with Crippen LogP contribution in [-0.4, -0.2) is 91.2 Å². The van der Waals surface area contributed by atoms with Crippen LogP contribution in [0, 0.1) is 5.82 Å². The third kappa shape index (κ3) is 9.69. The lowest BCUT2D eigenvalue weighted by atomic mass is 9.94. The van der Waals surface area contributed by atoms with Crippen LogP contribution >= 0.6 is 23.2 Å². The van der Waals surface area contributed by atoms with Crippen molar-refractivity contribution in [3.05, 3.63) is 82.0 Å². The number of aromatic amines is 1. The molecule has 3 aromatic carbocycles. The third-order valence-corrected chi connectivity index (χ3v) is 12.1. The number of H-pyrrole nitrogens is 1. The largest absolute Gasteiger partial charge is 0.493 e. The molecule has 2 N–H and O–H groups in total. The fourth-order valence-electron chi connectivity index (χ4n) is 7.44. The fourth-order valence-corrected chi connectivity index (χ4v) is 9.38. The zero-order valence-electron chi connectivity index (χ0n) is 32.3. The average Bonchev–Trinajstić information content (AvgIpc) is 3.71. The van der Waals surface area contributed by atoms with Crippen molar-refractivity contribution in [2.45, 2.75) is 64.3 Å². The molecular weight excluding hydrogens is 780 g/mol. The molecule has 0 spiro atoms. The second-order valence-electron chi connectivity index (χ2n) is 14.1.